The highest BCUT2D eigenvalue weighted by atomic mass is 16.3. The fourth-order valence-electron chi connectivity index (χ4n) is 1.75. The summed E-state index contributed by atoms with van der Waals surface area (Å²) >= 11 is 0. The number of unbranched alkanes of at least 4 members (excludes halogenated alkanes) is 9. The summed E-state index contributed by atoms with van der Waals surface area (Å²) in [6.07, 6.45) is 12.0. The largest absolute Gasteiger partial charge is 0.395 e. The molecule has 0 radical (unpaired) electrons. The zero-order valence-corrected chi connectivity index (χ0v) is 11.5. The van der Waals surface area contributed by atoms with Crippen LogP contribution in [-0.4, -0.2) is 11.7 Å². The van der Waals surface area contributed by atoms with Crippen molar-refractivity contribution < 1.29 is 9.22 Å². The van der Waals surface area contributed by atoms with Crippen LogP contribution in [-0.2, 0) is 0 Å². The van der Waals surface area contributed by atoms with Gasteiger partial charge in [-0.05, 0) is 13.3 Å². The lowest BCUT2D eigenvalue weighted by Crippen LogP contribution is -1.95. The van der Waals surface area contributed by atoms with E-state index < -0.39 is 12.5 Å². The molecule has 1 N–H and O–H groups in total. The molecule has 0 saturated carbocycles. The monoisotopic (exact) mass is 241 g/mol. The average Bonchev–Trinajstić information content (AvgIpc) is 2.34. The zero-order chi connectivity index (χ0) is 15.5. The van der Waals surface area contributed by atoms with E-state index in [-0.39, 0.29) is 0 Å². The Morgan fingerprint density at radius 3 is 2.12 bits per heavy atom. The Morgan fingerprint density at radius 1 is 1.06 bits per heavy atom. The molecule has 0 aliphatic rings. The van der Waals surface area contributed by atoms with Crippen LogP contribution < -0.4 is 0 Å². The standard InChI is InChI=1S/C16H30O/c1-3-4-5-6-7-8-9-10-11-12-13-14-16(2)15-17/h16-17H,3-12,15H2,1-2H3/i15D2,16D. The van der Waals surface area contributed by atoms with Gasteiger partial charge in [-0.3, -0.25) is 0 Å². The van der Waals surface area contributed by atoms with Gasteiger partial charge in [0.05, 0.1) is 9.30 Å². The van der Waals surface area contributed by atoms with Crippen molar-refractivity contribution in [2.45, 2.75) is 78.1 Å². The molecule has 17 heavy (non-hydrogen) atoms. The molecule has 0 saturated heterocycles. The second kappa shape index (κ2) is 13.6. The molecule has 0 fully saturated rings. The van der Waals surface area contributed by atoms with E-state index in [1.165, 1.54) is 51.9 Å². The summed E-state index contributed by atoms with van der Waals surface area (Å²) in [5, 5.41) is 9.15. The summed E-state index contributed by atoms with van der Waals surface area (Å²) in [5.74, 6) is 3.59. The van der Waals surface area contributed by atoms with Gasteiger partial charge in [0, 0.05) is 13.7 Å². The lowest BCUT2D eigenvalue weighted by molar-refractivity contribution is 0.266. The fraction of sp³-hybridized carbons (Fsp3) is 0.875. The van der Waals surface area contributed by atoms with Gasteiger partial charge in [0.15, 0.2) is 0 Å². The minimum Gasteiger partial charge on any atom is -0.395 e. The van der Waals surface area contributed by atoms with E-state index in [2.05, 4.69) is 18.8 Å². The molecule has 0 aromatic heterocycles. The molecule has 0 aliphatic carbocycles. The molecule has 1 unspecified atom stereocenters. The lowest BCUT2D eigenvalue weighted by Gasteiger charge is -2.00. The van der Waals surface area contributed by atoms with Gasteiger partial charge >= 0.3 is 0 Å². The second-order valence-corrected chi connectivity index (χ2v) is 4.62. The van der Waals surface area contributed by atoms with Gasteiger partial charge < -0.3 is 5.11 Å². The van der Waals surface area contributed by atoms with Crippen LogP contribution in [0.2, 0.25) is 0 Å². The maximum Gasteiger partial charge on any atom is 0.0577 e. The molecule has 1 heteroatoms. The van der Waals surface area contributed by atoms with E-state index in [9.17, 15) is 0 Å². The van der Waals surface area contributed by atoms with Gasteiger partial charge in [0.1, 0.15) is 0 Å². The third-order valence-corrected chi connectivity index (χ3v) is 2.85. The zero-order valence-electron chi connectivity index (χ0n) is 14.5. The molecule has 100 valence electrons. The summed E-state index contributed by atoms with van der Waals surface area (Å²) in [4.78, 5) is 0. The van der Waals surface area contributed by atoms with Gasteiger partial charge in [-0.1, -0.05) is 64.2 Å². The maximum atomic E-state index is 9.15. The Balaban J connectivity index is 3.55. The van der Waals surface area contributed by atoms with Crippen LogP contribution in [0.15, 0.2) is 0 Å². The minimum atomic E-state index is -2.57. The first-order chi connectivity index (χ1) is 9.31. The molecular weight excluding hydrogens is 208 g/mol. The van der Waals surface area contributed by atoms with E-state index in [1.807, 2.05) is 0 Å². The van der Waals surface area contributed by atoms with Crippen LogP contribution in [0, 0.1) is 17.7 Å². The third-order valence-electron chi connectivity index (χ3n) is 2.85. The quantitative estimate of drug-likeness (QED) is 0.440. The van der Waals surface area contributed by atoms with Gasteiger partial charge in [0.2, 0.25) is 0 Å². The Morgan fingerprint density at radius 2 is 1.59 bits per heavy atom. The molecule has 0 bridgehead atoms. The summed E-state index contributed by atoms with van der Waals surface area (Å²) < 4.78 is 21.8. The SMILES string of the molecule is [2H]C([2H])(O)C([2H])(C)C#CCCCCCCCCCCC. The molecule has 0 rings (SSSR count). The normalized spacial score (nSPS) is 17.2. The van der Waals surface area contributed by atoms with Crippen molar-refractivity contribution in [2.24, 2.45) is 5.89 Å². The van der Waals surface area contributed by atoms with Crippen molar-refractivity contribution in [3.63, 3.8) is 0 Å². The summed E-state index contributed by atoms with van der Waals surface area (Å²) in [6, 6.07) is 0. The van der Waals surface area contributed by atoms with Crippen LogP contribution in [0.1, 0.15) is 82.2 Å². The van der Waals surface area contributed by atoms with Gasteiger partial charge in [-0.2, -0.15) is 0 Å². The highest BCUT2D eigenvalue weighted by Crippen LogP contribution is 2.10. The number of hydrogen-bond donors (Lipinski definition) is 1. The molecule has 0 heterocycles. The van der Waals surface area contributed by atoms with Gasteiger partial charge in [-0.25, -0.2) is 0 Å². The van der Waals surface area contributed by atoms with E-state index in [0.29, 0.717) is 6.42 Å². The van der Waals surface area contributed by atoms with Gasteiger partial charge in [-0.15, -0.1) is 5.92 Å². The van der Waals surface area contributed by atoms with Crippen molar-refractivity contribution in [2.75, 3.05) is 6.56 Å². The predicted molar refractivity (Wildman–Crippen MR) is 75.9 cm³/mol. The van der Waals surface area contributed by atoms with E-state index in [1.54, 1.807) is 0 Å². The van der Waals surface area contributed by atoms with Crippen molar-refractivity contribution in [1.29, 1.82) is 0 Å². The number of rotatable bonds is 10. The molecule has 0 aromatic rings. The number of hydrogen-bond acceptors (Lipinski definition) is 1. The first kappa shape index (κ1) is 11.6. The van der Waals surface area contributed by atoms with Crippen molar-refractivity contribution in [3.8, 4) is 11.8 Å². The molecule has 0 aromatic carbocycles. The van der Waals surface area contributed by atoms with Crippen LogP contribution in [0.4, 0.5) is 0 Å². The first-order valence-corrected chi connectivity index (χ1v) is 7.03. The number of aliphatic hydroxyl groups is 1. The highest BCUT2D eigenvalue weighted by molar-refractivity contribution is 5.02. The van der Waals surface area contributed by atoms with E-state index >= 15 is 0 Å². The summed E-state index contributed by atoms with van der Waals surface area (Å²) in [6.45, 7) is 0.958. The maximum absolute atomic E-state index is 9.15. The Bertz CT molecular complexity index is 297. The van der Waals surface area contributed by atoms with E-state index in [4.69, 9.17) is 9.22 Å². The van der Waals surface area contributed by atoms with Crippen molar-refractivity contribution in [1.82, 2.24) is 0 Å². The molecular formula is C16H30O. The Kier molecular flexibility index (Phi) is 9.27. The second-order valence-electron chi connectivity index (χ2n) is 4.62. The molecule has 0 amide bonds. The molecule has 0 aliphatic heterocycles. The van der Waals surface area contributed by atoms with Gasteiger partial charge in [0.25, 0.3) is 0 Å². The van der Waals surface area contributed by atoms with Crippen molar-refractivity contribution >= 4 is 0 Å². The minimum absolute atomic E-state index is 0.681. The smallest absolute Gasteiger partial charge is 0.0577 e. The highest BCUT2D eigenvalue weighted by Gasteiger charge is 1.92. The Hall–Kier alpha value is -0.480. The third kappa shape index (κ3) is 13.5. The van der Waals surface area contributed by atoms with Crippen LogP contribution in [0.3, 0.4) is 0 Å². The molecule has 1 nitrogen and oxygen atoms in total. The summed E-state index contributed by atoms with van der Waals surface area (Å²) in [7, 11) is 0. The molecule has 0 spiro atoms. The lowest BCUT2D eigenvalue weighted by atomic mass is 10.1. The van der Waals surface area contributed by atoms with Crippen LogP contribution in [0.5, 0.6) is 0 Å². The van der Waals surface area contributed by atoms with Crippen LogP contribution in [0.25, 0.3) is 0 Å². The first-order valence-electron chi connectivity index (χ1n) is 8.53. The Labute approximate surface area is 112 Å². The predicted octanol–water partition coefficient (Wildman–Crippen LogP) is 4.54. The summed E-state index contributed by atoms with van der Waals surface area (Å²) in [5.41, 5.74) is 0. The molecule has 1 atom stereocenters. The van der Waals surface area contributed by atoms with E-state index in [0.717, 1.165) is 12.8 Å². The van der Waals surface area contributed by atoms with Crippen LogP contribution >= 0.6 is 0 Å². The fourth-order valence-corrected chi connectivity index (χ4v) is 1.75. The topological polar surface area (TPSA) is 20.2 Å². The van der Waals surface area contributed by atoms with Crippen molar-refractivity contribution in [3.05, 3.63) is 0 Å². The average molecular weight is 241 g/mol.